The maximum atomic E-state index is 3.77. The van der Waals surface area contributed by atoms with Gasteiger partial charge in [-0.05, 0) is 58.2 Å². The quantitative estimate of drug-likeness (QED) is 0.638. The van der Waals surface area contributed by atoms with Gasteiger partial charge in [0.05, 0.1) is 0 Å². The van der Waals surface area contributed by atoms with Gasteiger partial charge in [-0.15, -0.1) is 6.58 Å². The molecule has 2 nitrogen and oxygen atoms in total. The summed E-state index contributed by atoms with van der Waals surface area (Å²) in [5, 5.41) is 3.65. The van der Waals surface area contributed by atoms with Crippen LogP contribution in [0.1, 0.15) is 39.5 Å². The van der Waals surface area contributed by atoms with E-state index in [0.29, 0.717) is 6.04 Å². The van der Waals surface area contributed by atoms with Gasteiger partial charge in [-0.25, -0.2) is 0 Å². The molecule has 2 atom stereocenters. The fraction of sp³-hybridized carbons (Fsp3) is 0.857. The molecular formula is C14H28N2. The molecule has 16 heavy (non-hydrogen) atoms. The van der Waals surface area contributed by atoms with Crippen LogP contribution in [0.5, 0.6) is 0 Å². The Kier molecular flexibility index (Phi) is 6.74. The molecule has 0 radical (unpaired) electrons. The minimum Gasteiger partial charge on any atom is -0.314 e. The Morgan fingerprint density at radius 2 is 2.38 bits per heavy atom. The van der Waals surface area contributed by atoms with E-state index in [1.54, 1.807) is 0 Å². The molecule has 0 amide bonds. The van der Waals surface area contributed by atoms with E-state index in [9.17, 15) is 0 Å². The Labute approximate surface area is 101 Å². The summed E-state index contributed by atoms with van der Waals surface area (Å²) in [6, 6.07) is 0.637. The second-order valence-corrected chi connectivity index (χ2v) is 5.13. The Morgan fingerprint density at radius 1 is 1.56 bits per heavy atom. The van der Waals surface area contributed by atoms with Crippen LogP contribution in [0.25, 0.3) is 0 Å². The summed E-state index contributed by atoms with van der Waals surface area (Å²) in [6.07, 6.45) is 7.02. The summed E-state index contributed by atoms with van der Waals surface area (Å²) in [7, 11) is 0. The third-order valence-electron chi connectivity index (χ3n) is 3.47. The molecule has 1 heterocycles. The van der Waals surface area contributed by atoms with Crippen molar-refractivity contribution >= 4 is 0 Å². The largest absolute Gasteiger partial charge is 0.314 e. The minimum atomic E-state index is 0.637. The van der Waals surface area contributed by atoms with E-state index in [4.69, 9.17) is 0 Å². The lowest BCUT2D eigenvalue weighted by Gasteiger charge is -2.18. The molecule has 1 rings (SSSR count). The average molecular weight is 224 g/mol. The van der Waals surface area contributed by atoms with Crippen LogP contribution < -0.4 is 5.32 Å². The summed E-state index contributed by atoms with van der Waals surface area (Å²) in [6.45, 7) is 13.4. The molecule has 0 aromatic carbocycles. The van der Waals surface area contributed by atoms with Crippen molar-refractivity contribution < 1.29 is 0 Å². The van der Waals surface area contributed by atoms with Crippen LogP contribution in [-0.4, -0.2) is 37.1 Å². The molecule has 2 unspecified atom stereocenters. The summed E-state index contributed by atoms with van der Waals surface area (Å²) in [5.74, 6) is 0.873. The molecule has 0 saturated carbocycles. The van der Waals surface area contributed by atoms with Crippen molar-refractivity contribution in [1.29, 1.82) is 0 Å². The topological polar surface area (TPSA) is 15.3 Å². The molecule has 1 saturated heterocycles. The van der Waals surface area contributed by atoms with Crippen molar-refractivity contribution in [3.63, 3.8) is 0 Å². The smallest absolute Gasteiger partial charge is 0.00417 e. The molecule has 1 aliphatic heterocycles. The monoisotopic (exact) mass is 224 g/mol. The highest BCUT2D eigenvalue weighted by atomic mass is 15.1. The Bertz CT molecular complexity index is 191. The van der Waals surface area contributed by atoms with Gasteiger partial charge < -0.3 is 10.2 Å². The van der Waals surface area contributed by atoms with Crippen molar-refractivity contribution in [1.82, 2.24) is 10.2 Å². The zero-order valence-electron chi connectivity index (χ0n) is 11.0. The Hall–Kier alpha value is -0.340. The zero-order valence-corrected chi connectivity index (χ0v) is 11.0. The first-order valence-corrected chi connectivity index (χ1v) is 6.82. The maximum absolute atomic E-state index is 3.77. The molecule has 0 aliphatic carbocycles. The fourth-order valence-electron chi connectivity index (χ4n) is 2.44. The lowest BCUT2D eigenvalue weighted by molar-refractivity contribution is 0.319. The van der Waals surface area contributed by atoms with Gasteiger partial charge in [0.1, 0.15) is 0 Å². The molecule has 1 N–H and O–H groups in total. The van der Waals surface area contributed by atoms with Crippen LogP contribution in [0.2, 0.25) is 0 Å². The van der Waals surface area contributed by atoms with E-state index >= 15 is 0 Å². The highest BCUT2D eigenvalue weighted by Gasteiger charge is 2.21. The number of nitrogens with zero attached hydrogens (tertiary/aromatic N) is 1. The number of nitrogens with one attached hydrogen (secondary N) is 1. The standard InChI is InChI=1S/C14H28N2/c1-4-6-7-13(3)15-11-14-8-10-16(12-14)9-5-2/h4,13-15H,1,5-12H2,2-3H3. The van der Waals surface area contributed by atoms with Gasteiger partial charge in [-0.1, -0.05) is 13.0 Å². The second-order valence-electron chi connectivity index (χ2n) is 5.13. The molecular weight excluding hydrogens is 196 g/mol. The maximum Gasteiger partial charge on any atom is 0.00417 e. The summed E-state index contributed by atoms with van der Waals surface area (Å²) < 4.78 is 0. The molecule has 0 aromatic heterocycles. The highest BCUT2D eigenvalue weighted by Crippen LogP contribution is 2.15. The van der Waals surface area contributed by atoms with Crippen molar-refractivity contribution in [2.75, 3.05) is 26.2 Å². The van der Waals surface area contributed by atoms with E-state index in [-0.39, 0.29) is 0 Å². The molecule has 94 valence electrons. The first-order valence-electron chi connectivity index (χ1n) is 6.82. The van der Waals surface area contributed by atoms with Crippen LogP contribution in [0.4, 0.5) is 0 Å². The Balaban J connectivity index is 2.07. The van der Waals surface area contributed by atoms with Crippen molar-refractivity contribution in [2.24, 2.45) is 5.92 Å². The van der Waals surface area contributed by atoms with Gasteiger partial charge in [0, 0.05) is 12.6 Å². The number of hydrogen-bond donors (Lipinski definition) is 1. The third-order valence-corrected chi connectivity index (χ3v) is 3.47. The molecule has 1 fully saturated rings. The predicted molar refractivity (Wildman–Crippen MR) is 71.7 cm³/mol. The van der Waals surface area contributed by atoms with Crippen molar-refractivity contribution in [3.8, 4) is 0 Å². The summed E-state index contributed by atoms with van der Waals surface area (Å²) in [5.41, 5.74) is 0. The SMILES string of the molecule is C=CCCC(C)NCC1CCN(CCC)C1. The molecule has 0 spiro atoms. The summed E-state index contributed by atoms with van der Waals surface area (Å²) in [4.78, 5) is 2.60. The average Bonchev–Trinajstić information content (AvgIpc) is 2.72. The second kappa shape index (κ2) is 7.86. The Morgan fingerprint density at radius 3 is 3.06 bits per heavy atom. The van der Waals surface area contributed by atoms with Crippen molar-refractivity contribution in [2.45, 2.75) is 45.6 Å². The summed E-state index contributed by atoms with van der Waals surface area (Å²) >= 11 is 0. The van der Waals surface area contributed by atoms with Gasteiger partial charge in [-0.3, -0.25) is 0 Å². The van der Waals surface area contributed by atoms with Gasteiger partial charge >= 0.3 is 0 Å². The van der Waals surface area contributed by atoms with Crippen LogP contribution in [0.3, 0.4) is 0 Å². The van der Waals surface area contributed by atoms with E-state index in [1.165, 1.54) is 45.4 Å². The van der Waals surface area contributed by atoms with E-state index < -0.39 is 0 Å². The van der Waals surface area contributed by atoms with E-state index in [2.05, 4.69) is 30.6 Å². The lowest BCUT2D eigenvalue weighted by Crippen LogP contribution is -2.32. The molecule has 1 aliphatic rings. The highest BCUT2D eigenvalue weighted by molar-refractivity contribution is 4.78. The first kappa shape index (κ1) is 13.7. The van der Waals surface area contributed by atoms with Crippen LogP contribution >= 0.6 is 0 Å². The van der Waals surface area contributed by atoms with Crippen molar-refractivity contribution in [3.05, 3.63) is 12.7 Å². The zero-order chi connectivity index (χ0) is 11.8. The van der Waals surface area contributed by atoms with Crippen LogP contribution in [-0.2, 0) is 0 Å². The molecule has 0 aromatic rings. The molecule has 0 bridgehead atoms. The van der Waals surface area contributed by atoms with Crippen LogP contribution in [0.15, 0.2) is 12.7 Å². The van der Waals surface area contributed by atoms with Gasteiger partial charge in [-0.2, -0.15) is 0 Å². The fourth-order valence-corrected chi connectivity index (χ4v) is 2.44. The van der Waals surface area contributed by atoms with E-state index in [1.807, 2.05) is 6.08 Å². The predicted octanol–water partition coefficient (Wildman–Crippen LogP) is 2.66. The minimum absolute atomic E-state index is 0.637. The van der Waals surface area contributed by atoms with Crippen LogP contribution in [0, 0.1) is 5.92 Å². The number of hydrogen-bond acceptors (Lipinski definition) is 2. The molecule has 2 heteroatoms. The third kappa shape index (κ3) is 5.13. The lowest BCUT2D eigenvalue weighted by atomic mass is 10.1. The normalized spacial score (nSPS) is 23.5. The van der Waals surface area contributed by atoms with Gasteiger partial charge in [0.15, 0.2) is 0 Å². The number of likely N-dealkylation sites (tertiary alicyclic amines) is 1. The first-order chi connectivity index (χ1) is 7.76. The van der Waals surface area contributed by atoms with Gasteiger partial charge in [0.2, 0.25) is 0 Å². The number of allylic oxidation sites excluding steroid dienone is 1. The number of rotatable bonds is 8. The van der Waals surface area contributed by atoms with Gasteiger partial charge in [0.25, 0.3) is 0 Å². The van der Waals surface area contributed by atoms with E-state index in [0.717, 1.165) is 12.3 Å².